The Kier molecular flexibility index (Phi) is 5.16. The van der Waals surface area contributed by atoms with E-state index in [0.29, 0.717) is 17.4 Å². The molecule has 0 spiro atoms. The summed E-state index contributed by atoms with van der Waals surface area (Å²) in [5.74, 6) is 0.701. The van der Waals surface area contributed by atoms with E-state index < -0.39 is 0 Å². The normalized spacial score (nSPS) is 10.9. The fraction of sp³-hybridized carbons (Fsp3) is 0.263. The number of fused-ring (bicyclic) bond motifs is 1. The molecule has 1 amide bonds. The largest absolute Gasteiger partial charge is 0.355 e. The molecule has 4 nitrogen and oxygen atoms in total. The standard InChI is InChI=1S/C19H20ClN3O/c1-2-3-12-21-18(24)13-23-17-11-7-6-10-16(17)22-19(23)14-8-4-5-9-15(14)20/h4-11H,2-3,12-13H2,1H3,(H,21,24). The third-order valence-corrected chi connectivity index (χ3v) is 4.25. The number of nitrogens with one attached hydrogen (secondary N) is 1. The molecule has 0 saturated carbocycles. The van der Waals surface area contributed by atoms with Crippen molar-refractivity contribution in [1.82, 2.24) is 14.9 Å². The number of carbonyl (C=O) groups is 1. The highest BCUT2D eigenvalue weighted by Gasteiger charge is 2.16. The number of halogens is 1. The molecule has 0 aliphatic rings. The molecule has 0 saturated heterocycles. The molecule has 1 aromatic heterocycles. The van der Waals surface area contributed by atoms with Gasteiger partial charge in [0.15, 0.2) is 0 Å². The Balaban J connectivity index is 2.00. The lowest BCUT2D eigenvalue weighted by molar-refractivity contribution is -0.121. The van der Waals surface area contributed by atoms with Crippen molar-refractivity contribution in [2.24, 2.45) is 0 Å². The van der Waals surface area contributed by atoms with Gasteiger partial charge in [0.05, 0.1) is 16.1 Å². The minimum absolute atomic E-state index is 0.0140. The smallest absolute Gasteiger partial charge is 0.240 e. The topological polar surface area (TPSA) is 46.9 Å². The molecule has 2 aromatic carbocycles. The Morgan fingerprint density at radius 2 is 1.92 bits per heavy atom. The monoisotopic (exact) mass is 341 g/mol. The van der Waals surface area contributed by atoms with Crippen LogP contribution in [0.15, 0.2) is 48.5 Å². The summed E-state index contributed by atoms with van der Waals surface area (Å²) in [5, 5.41) is 3.58. The lowest BCUT2D eigenvalue weighted by Gasteiger charge is -2.11. The van der Waals surface area contributed by atoms with Gasteiger partial charge in [0.1, 0.15) is 12.4 Å². The predicted molar refractivity (Wildman–Crippen MR) is 98.1 cm³/mol. The number of rotatable bonds is 6. The summed E-state index contributed by atoms with van der Waals surface area (Å²) in [6.45, 7) is 3.03. The molecule has 5 heteroatoms. The maximum absolute atomic E-state index is 12.3. The van der Waals surface area contributed by atoms with E-state index in [-0.39, 0.29) is 12.5 Å². The molecular weight excluding hydrogens is 322 g/mol. The molecule has 24 heavy (non-hydrogen) atoms. The number of unbranched alkanes of at least 4 members (excludes halogenated alkanes) is 1. The second-order valence-corrected chi connectivity index (χ2v) is 6.10. The van der Waals surface area contributed by atoms with Gasteiger partial charge in [-0.1, -0.05) is 49.2 Å². The Morgan fingerprint density at radius 1 is 1.17 bits per heavy atom. The second kappa shape index (κ2) is 7.49. The first kappa shape index (κ1) is 16.5. The van der Waals surface area contributed by atoms with Crippen LogP contribution in [-0.4, -0.2) is 22.0 Å². The van der Waals surface area contributed by atoms with E-state index in [4.69, 9.17) is 16.6 Å². The molecule has 0 radical (unpaired) electrons. The van der Waals surface area contributed by atoms with E-state index >= 15 is 0 Å². The van der Waals surface area contributed by atoms with Gasteiger partial charge in [-0.25, -0.2) is 4.98 Å². The summed E-state index contributed by atoms with van der Waals surface area (Å²) in [4.78, 5) is 17.0. The molecule has 1 heterocycles. The van der Waals surface area contributed by atoms with Crippen molar-refractivity contribution in [2.75, 3.05) is 6.54 Å². The van der Waals surface area contributed by atoms with E-state index in [9.17, 15) is 4.79 Å². The van der Waals surface area contributed by atoms with Gasteiger partial charge in [0, 0.05) is 12.1 Å². The SMILES string of the molecule is CCCCNC(=O)Cn1c(-c2ccccc2Cl)nc2ccccc21. The molecule has 124 valence electrons. The van der Waals surface area contributed by atoms with Gasteiger partial charge in [-0.05, 0) is 30.7 Å². The zero-order valence-corrected chi connectivity index (χ0v) is 14.4. The van der Waals surface area contributed by atoms with Crippen LogP contribution in [0.2, 0.25) is 5.02 Å². The highest BCUT2D eigenvalue weighted by molar-refractivity contribution is 6.33. The Hall–Kier alpha value is -2.33. The van der Waals surface area contributed by atoms with Gasteiger partial charge in [-0.2, -0.15) is 0 Å². The Labute approximate surface area is 146 Å². The number of benzene rings is 2. The van der Waals surface area contributed by atoms with Crippen molar-refractivity contribution >= 4 is 28.5 Å². The number of aromatic nitrogens is 2. The average molecular weight is 342 g/mol. The zero-order valence-electron chi connectivity index (χ0n) is 13.6. The van der Waals surface area contributed by atoms with E-state index in [1.165, 1.54) is 0 Å². The van der Waals surface area contributed by atoms with Crippen LogP contribution in [0.4, 0.5) is 0 Å². The minimum atomic E-state index is -0.0140. The van der Waals surface area contributed by atoms with Crippen molar-refractivity contribution in [3.63, 3.8) is 0 Å². The van der Waals surface area contributed by atoms with E-state index in [1.54, 1.807) is 0 Å². The Morgan fingerprint density at radius 3 is 2.71 bits per heavy atom. The number of hydrogen-bond donors (Lipinski definition) is 1. The van der Waals surface area contributed by atoms with Crippen LogP contribution >= 0.6 is 11.6 Å². The first-order chi connectivity index (χ1) is 11.7. The summed E-state index contributed by atoms with van der Waals surface area (Å²) in [7, 11) is 0. The second-order valence-electron chi connectivity index (χ2n) is 5.69. The fourth-order valence-corrected chi connectivity index (χ4v) is 2.91. The molecule has 0 atom stereocenters. The maximum Gasteiger partial charge on any atom is 0.240 e. The van der Waals surface area contributed by atoms with Crippen LogP contribution in [0, 0.1) is 0 Å². The first-order valence-corrected chi connectivity index (χ1v) is 8.55. The molecule has 3 aromatic rings. The number of para-hydroxylation sites is 2. The third kappa shape index (κ3) is 3.44. The average Bonchev–Trinajstić information content (AvgIpc) is 2.94. The highest BCUT2D eigenvalue weighted by Crippen LogP contribution is 2.30. The van der Waals surface area contributed by atoms with Gasteiger partial charge in [-0.15, -0.1) is 0 Å². The quantitative estimate of drug-likeness (QED) is 0.680. The number of carbonyl (C=O) groups excluding carboxylic acids is 1. The van der Waals surface area contributed by atoms with Crippen LogP contribution < -0.4 is 5.32 Å². The highest BCUT2D eigenvalue weighted by atomic mass is 35.5. The van der Waals surface area contributed by atoms with Crippen LogP contribution in [0.25, 0.3) is 22.4 Å². The molecule has 0 aliphatic carbocycles. The molecule has 0 bridgehead atoms. The molecule has 0 unspecified atom stereocenters. The zero-order chi connectivity index (χ0) is 16.9. The van der Waals surface area contributed by atoms with Crippen molar-refractivity contribution in [3.05, 3.63) is 53.6 Å². The molecule has 1 N–H and O–H groups in total. The summed E-state index contributed by atoms with van der Waals surface area (Å²) >= 11 is 6.34. The lowest BCUT2D eigenvalue weighted by atomic mass is 10.2. The van der Waals surface area contributed by atoms with Gasteiger partial charge in [0.25, 0.3) is 0 Å². The van der Waals surface area contributed by atoms with Crippen molar-refractivity contribution in [2.45, 2.75) is 26.3 Å². The minimum Gasteiger partial charge on any atom is -0.355 e. The molecule has 0 aliphatic heterocycles. The van der Waals surface area contributed by atoms with Gasteiger partial charge >= 0.3 is 0 Å². The molecule has 0 fully saturated rings. The molecular formula is C19H20ClN3O. The number of hydrogen-bond acceptors (Lipinski definition) is 2. The van der Waals surface area contributed by atoms with E-state index in [2.05, 4.69) is 12.2 Å². The van der Waals surface area contributed by atoms with Crippen molar-refractivity contribution < 1.29 is 4.79 Å². The maximum atomic E-state index is 12.3. The van der Waals surface area contributed by atoms with Crippen molar-refractivity contribution in [1.29, 1.82) is 0 Å². The van der Waals surface area contributed by atoms with Gasteiger partial charge in [0.2, 0.25) is 5.91 Å². The van der Waals surface area contributed by atoms with Gasteiger partial charge in [-0.3, -0.25) is 4.79 Å². The van der Waals surface area contributed by atoms with Crippen LogP contribution in [0.1, 0.15) is 19.8 Å². The summed E-state index contributed by atoms with van der Waals surface area (Å²) in [5.41, 5.74) is 2.61. The van der Waals surface area contributed by atoms with Crippen LogP contribution in [0.3, 0.4) is 0 Å². The fourth-order valence-electron chi connectivity index (χ4n) is 2.69. The third-order valence-electron chi connectivity index (χ3n) is 3.92. The number of imidazole rings is 1. The van der Waals surface area contributed by atoms with Crippen LogP contribution in [-0.2, 0) is 11.3 Å². The van der Waals surface area contributed by atoms with Crippen molar-refractivity contribution in [3.8, 4) is 11.4 Å². The number of nitrogens with zero attached hydrogens (tertiary/aromatic N) is 2. The molecule has 3 rings (SSSR count). The summed E-state index contributed by atoms with van der Waals surface area (Å²) < 4.78 is 1.93. The lowest BCUT2D eigenvalue weighted by Crippen LogP contribution is -2.28. The van der Waals surface area contributed by atoms with Crippen LogP contribution in [0.5, 0.6) is 0 Å². The van der Waals surface area contributed by atoms with Gasteiger partial charge < -0.3 is 9.88 Å². The summed E-state index contributed by atoms with van der Waals surface area (Å²) in [6, 6.07) is 15.4. The number of amides is 1. The van der Waals surface area contributed by atoms with E-state index in [0.717, 1.165) is 29.4 Å². The summed E-state index contributed by atoms with van der Waals surface area (Å²) in [6.07, 6.45) is 2.03. The first-order valence-electron chi connectivity index (χ1n) is 8.17. The predicted octanol–water partition coefficient (Wildman–Crippen LogP) is 4.27. The van der Waals surface area contributed by atoms with E-state index in [1.807, 2.05) is 53.1 Å². The Bertz CT molecular complexity index is 857.